The largest absolute Gasteiger partial charge is 0.464 e. The third-order valence-corrected chi connectivity index (χ3v) is 2.60. The summed E-state index contributed by atoms with van der Waals surface area (Å²) in [4.78, 5) is 25.1. The predicted molar refractivity (Wildman–Crippen MR) is 66.0 cm³/mol. The van der Waals surface area contributed by atoms with E-state index in [1.165, 1.54) is 4.90 Å². The molecule has 0 bridgehead atoms. The fourth-order valence-corrected chi connectivity index (χ4v) is 1.87. The molecule has 1 aliphatic heterocycles. The highest BCUT2D eigenvalue weighted by molar-refractivity contribution is 5.83. The summed E-state index contributed by atoms with van der Waals surface area (Å²) in [5.74, 6) is -0.464. The van der Waals surface area contributed by atoms with Crippen LogP contribution < -0.4 is 5.73 Å². The highest BCUT2D eigenvalue weighted by atomic mass is 16.6. The Morgan fingerprint density at radius 3 is 2.50 bits per heavy atom. The molecule has 1 rings (SSSR count). The van der Waals surface area contributed by atoms with Crippen molar-refractivity contribution in [2.75, 3.05) is 13.2 Å². The van der Waals surface area contributed by atoms with Crippen molar-refractivity contribution in [2.24, 2.45) is 5.73 Å². The molecule has 2 atom stereocenters. The maximum absolute atomic E-state index is 12.0. The summed E-state index contributed by atoms with van der Waals surface area (Å²) in [7, 11) is 0. The van der Waals surface area contributed by atoms with E-state index in [9.17, 15) is 9.59 Å². The quantitative estimate of drug-likeness (QED) is 0.744. The molecule has 6 heteroatoms. The van der Waals surface area contributed by atoms with Gasteiger partial charge in [0.1, 0.15) is 11.6 Å². The first-order valence-corrected chi connectivity index (χ1v) is 6.18. The van der Waals surface area contributed by atoms with Crippen LogP contribution in [-0.2, 0) is 14.3 Å². The van der Waals surface area contributed by atoms with E-state index in [4.69, 9.17) is 15.2 Å². The number of carbonyl (C=O) groups is 2. The Hall–Kier alpha value is -1.30. The Morgan fingerprint density at radius 1 is 1.39 bits per heavy atom. The number of ether oxygens (including phenoxy) is 2. The van der Waals surface area contributed by atoms with Gasteiger partial charge in [0.05, 0.1) is 6.61 Å². The van der Waals surface area contributed by atoms with E-state index in [1.807, 2.05) is 0 Å². The zero-order valence-electron chi connectivity index (χ0n) is 11.4. The van der Waals surface area contributed by atoms with Crippen molar-refractivity contribution in [3.8, 4) is 0 Å². The number of nitrogens with two attached hydrogens (primary N) is 1. The minimum absolute atomic E-state index is 0.268. The first-order valence-electron chi connectivity index (χ1n) is 6.18. The number of carbonyl (C=O) groups excluding carboxylic acids is 2. The number of likely N-dealkylation sites (tertiary alicyclic amines) is 1. The lowest BCUT2D eigenvalue weighted by molar-refractivity contribution is -0.148. The molecule has 0 aromatic heterocycles. The minimum atomic E-state index is -0.736. The summed E-state index contributed by atoms with van der Waals surface area (Å²) in [6.45, 7) is 7.74. The predicted octanol–water partition coefficient (Wildman–Crippen LogP) is 0.886. The molecule has 0 aromatic carbocycles. The smallest absolute Gasteiger partial charge is 0.411 e. The normalized spacial score (nSPS) is 23.9. The molecule has 2 N–H and O–H groups in total. The fraction of sp³-hybridized carbons (Fsp3) is 0.833. The van der Waals surface area contributed by atoms with Gasteiger partial charge in [0.15, 0.2) is 0 Å². The van der Waals surface area contributed by atoms with Gasteiger partial charge < -0.3 is 15.2 Å². The number of hydrogen-bond donors (Lipinski definition) is 1. The molecular formula is C12H22N2O4. The Bertz CT molecular complexity index is 325. The van der Waals surface area contributed by atoms with Gasteiger partial charge in [-0.05, 0) is 34.1 Å². The van der Waals surface area contributed by atoms with E-state index in [-0.39, 0.29) is 6.61 Å². The third kappa shape index (κ3) is 3.60. The van der Waals surface area contributed by atoms with Crippen LogP contribution in [0.25, 0.3) is 0 Å². The lowest BCUT2D eigenvalue weighted by atomic mass is 10.1. The van der Waals surface area contributed by atoms with Gasteiger partial charge in [-0.25, -0.2) is 9.59 Å². The van der Waals surface area contributed by atoms with Crippen LogP contribution >= 0.6 is 0 Å². The second kappa shape index (κ2) is 5.56. The zero-order valence-corrected chi connectivity index (χ0v) is 11.4. The molecule has 0 saturated carbocycles. The number of rotatable bonds is 2. The second-order valence-corrected chi connectivity index (χ2v) is 5.32. The molecule has 1 aliphatic rings. The molecule has 0 radical (unpaired) electrons. The van der Waals surface area contributed by atoms with Gasteiger partial charge in [-0.2, -0.15) is 0 Å². The van der Waals surface area contributed by atoms with Crippen LogP contribution in [0.3, 0.4) is 0 Å². The van der Waals surface area contributed by atoms with Crippen molar-refractivity contribution < 1.29 is 19.1 Å². The second-order valence-electron chi connectivity index (χ2n) is 5.32. The molecule has 0 aromatic rings. The molecule has 0 spiro atoms. The average Bonchev–Trinajstić information content (AvgIpc) is 2.58. The fourth-order valence-electron chi connectivity index (χ4n) is 1.87. The van der Waals surface area contributed by atoms with Gasteiger partial charge in [-0.3, -0.25) is 4.90 Å². The molecule has 18 heavy (non-hydrogen) atoms. The van der Waals surface area contributed by atoms with E-state index >= 15 is 0 Å². The summed E-state index contributed by atoms with van der Waals surface area (Å²) >= 11 is 0. The number of esters is 1. The summed E-state index contributed by atoms with van der Waals surface area (Å²) in [6, 6.07) is -1.13. The van der Waals surface area contributed by atoms with Gasteiger partial charge in [-0.15, -0.1) is 0 Å². The average molecular weight is 258 g/mol. The Morgan fingerprint density at radius 2 is 2.00 bits per heavy atom. The van der Waals surface area contributed by atoms with Crippen molar-refractivity contribution >= 4 is 12.1 Å². The lowest BCUT2D eigenvalue weighted by Gasteiger charge is -2.28. The van der Waals surface area contributed by atoms with Gasteiger partial charge in [0.2, 0.25) is 0 Å². The van der Waals surface area contributed by atoms with E-state index in [2.05, 4.69) is 0 Å². The van der Waals surface area contributed by atoms with E-state index in [1.54, 1.807) is 27.7 Å². The molecule has 6 nitrogen and oxygen atoms in total. The monoisotopic (exact) mass is 258 g/mol. The van der Waals surface area contributed by atoms with Crippen LogP contribution in [0.5, 0.6) is 0 Å². The summed E-state index contributed by atoms with van der Waals surface area (Å²) in [5.41, 5.74) is 5.26. The van der Waals surface area contributed by atoms with Gasteiger partial charge in [0, 0.05) is 12.6 Å². The topological polar surface area (TPSA) is 81.9 Å². The maximum Gasteiger partial charge on any atom is 0.411 e. The summed E-state index contributed by atoms with van der Waals surface area (Å²) < 4.78 is 10.2. The first kappa shape index (κ1) is 14.8. The van der Waals surface area contributed by atoms with E-state index in [0.717, 1.165) is 0 Å². The Kier molecular flexibility index (Phi) is 4.56. The molecule has 1 saturated heterocycles. The van der Waals surface area contributed by atoms with Crippen molar-refractivity contribution in [2.45, 2.75) is 51.8 Å². The van der Waals surface area contributed by atoms with Crippen LogP contribution in [-0.4, -0.2) is 47.8 Å². The van der Waals surface area contributed by atoms with Crippen molar-refractivity contribution in [1.29, 1.82) is 0 Å². The highest BCUT2D eigenvalue weighted by Crippen LogP contribution is 2.21. The number of hydrogen-bond acceptors (Lipinski definition) is 5. The molecular weight excluding hydrogens is 236 g/mol. The molecule has 1 fully saturated rings. The van der Waals surface area contributed by atoms with Crippen LogP contribution in [0.2, 0.25) is 0 Å². The first-order chi connectivity index (χ1) is 8.26. The van der Waals surface area contributed by atoms with Crippen molar-refractivity contribution in [3.05, 3.63) is 0 Å². The van der Waals surface area contributed by atoms with E-state index in [0.29, 0.717) is 13.0 Å². The molecule has 0 aliphatic carbocycles. The maximum atomic E-state index is 12.0. The summed E-state index contributed by atoms with van der Waals surface area (Å²) in [5, 5.41) is 0. The van der Waals surface area contributed by atoms with Crippen LogP contribution in [0.1, 0.15) is 34.1 Å². The molecule has 2 unspecified atom stereocenters. The number of nitrogens with zero attached hydrogens (tertiary/aromatic N) is 1. The molecule has 104 valence electrons. The number of amides is 1. The van der Waals surface area contributed by atoms with Crippen molar-refractivity contribution in [3.63, 3.8) is 0 Å². The minimum Gasteiger partial charge on any atom is -0.464 e. The highest BCUT2D eigenvalue weighted by Gasteiger charge is 2.42. The zero-order chi connectivity index (χ0) is 13.9. The standard InChI is InChI=1S/C12H22N2O4/c1-5-17-10(15)9-8(13)6-7-14(9)11(16)18-12(2,3)4/h8-9H,5-7,13H2,1-4H3. The van der Waals surface area contributed by atoms with Gasteiger partial charge in [0.25, 0.3) is 0 Å². The van der Waals surface area contributed by atoms with Gasteiger partial charge >= 0.3 is 12.1 Å². The molecule has 1 amide bonds. The SMILES string of the molecule is CCOC(=O)C1C(N)CCN1C(=O)OC(C)(C)C. The van der Waals surface area contributed by atoms with Gasteiger partial charge in [-0.1, -0.05) is 0 Å². The van der Waals surface area contributed by atoms with Crippen LogP contribution in [0.4, 0.5) is 4.79 Å². The van der Waals surface area contributed by atoms with Crippen molar-refractivity contribution in [1.82, 2.24) is 4.90 Å². The lowest BCUT2D eigenvalue weighted by Crippen LogP contribution is -2.50. The Balaban J connectivity index is 2.74. The van der Waals surface area contributed by atoms with Crippen LogP contribution in [0.15, 0.2) is 0 Å². The molecule has 1 heterocycles. The third-order valence-electron chi connectivity index (χ3n) is 2.60. The van der Waals surface area contributed by atoms with Crippen LogP contribution in [0, 0.1) is 0 Å². The Labute approximate surface area is 107 Å². The summed E-state index contributed by atoms with van der Waals surface area (Å²) in [6.07, 6.45) is 0.0522. The van der Waals surface area contributed by atoms with E-state index < -0.39 is 29.7 Å².